The third-order valence-electron chi connectivity index (χ3n) is 5.73. The Morgan fingerprint density at radius 1 is 1.19 bits per heavy atom. The Hall–Kier alpha value is -2.70. The summed E-state index contributed by atoms with van der Waals surface area (Å²) < 4.78 is 13.6. The van der Waals surface area contributed by atoms with Crippen LogP contribution in [0.4, 0.5) is 4.39 Å². The van der Waals surface area contributed by atoms with E-state index >= 15 is 0 Å². The highest BCUT2D eigenvalue weighted by Crippen LogP contribution is 2.38. The van der Waals surface area contributed by atoms with Crippen LogP contribution in [0.3, 0.4) is 0 Å². The van der Waals surface area contributed by atoms with Gasteiger partial charge in [0.05, 0.1) is 6.04 Å². The summed E-state index contributed by atoms with van der Waals surface area (Å²) in [5.41, 5.74) is 2.38. The summed E-state index contributed by atoms with van der Waals surface area (Å²) in [6.07, 6.45) is 0.764. The molecule has 1 unspecified atom stereocenters. The average molecular weight is 471 g/mol. The molecular formula is C25H24ClFN2O2S. The molecule has 3 aromatic rings. The first-order valence-electron chi connectivity index (χ1n) is 10.5. The van der Waals surface area contributed by atoms with Crippen molar-refractivity contribution in [2.75, 3.05) is 13.1 Å². The highest BCUT2D eigenvalue weighted by Gasteiger charge is 2.34. The summed E-state index contributed by atoms with van der Waals surface area (Å²) in [7, 11) is 0. The zero-order valence-corrected chi connectivity index (χ0v) is 19.5. The van der Waals surface area contributed by atoms with Gasteiger partial charge in [-0.25, -0.2) is 4.39 Å². The first-order valence-corrected chi connectivity index (χ1v) is 11.8. The minimum Gasteiger partial charge on any atom is -0.330 e. The molecule has 0 saturated carbocycles. The van der Waals surface area contributed by atoms with Crippen molar-refractivity contribution in [3.63, 3.8) is 0 Å². The molecule has 7 heteroatoms. The molecular weight excluding hydrogens is 447 g/mol. The molecule has 2 heterocycles. The molecule has 1 aromatic heterocycles. The Labute approximate surface area is 196 Å². The molecule has 166 valence electrons. The standard InChI is InChI=1S/C25H24ClFN2O2S/c1-16(2)29(25(31)18-4-3-5-19(26)14-18)15-23(30)28-12-10-22-21(11-13-32-22)24(28)17-6-8-20(27)9-7-17/h3-9,11,13-14,16,24H,10,12,15H2,1-2H3. The molecule has 0 spiro atoms. The number of carbonyl (C=O) groups excluding carboxylic acids is 2. The second-order valence-corrected chi connectivity index (χ2v) is 9.56. The number of hydrogen-bond acceptors (Lipinski definition) is 3. The van der Waals surface area contributed by atoms with Crippen LogP contribution >= 0.6 is 22.9 Å². The molecule has 0 fully saturated rings. The lowest BCUT2D eigenvalue weighted by molar-refractivity contribution is -0.134. The van der Waals surface area contributed by atoms with Crippen molar-refractivity contribution < 1.29 is 14.0 Å². The number of nitrogens with zero attached hydrogens (tertiary/aromatic N) is 2. The van der Waals surface area contributed by atoms with Gasteiger partial charge < -0.3 is 9.80 Å². The van der Waals surface area contributed by atoms with E-state index in [0.29, 0.717) is 17.1 Å². The zero-order chi connectivity index (χ0) is 22.8. The van der Waals surface area contributed by atoms with E-state index in [9.17, 15) is 14.0 Å². The molecule has 4 nitrogen and oxygen atoms in total. The van der Waals surface area contributed by atoms with Gasteiger partial charge in [-0.15, -0.1) is 11.3 Å². The maximum atomic E-state index is 13.6. The van der Waals surface area contributed by atoms with Gasteiger partial charge in [-0.2, -0.15) is 0 Å². The molecule has 0 aliphatic carbocycles. The van der Waals surface area contributed by atoms with Crippen LogP contribution in [0, 0.1) is 5.82 Å². The summed E-state index contributed by atoms with van der Waals surface area (Å²) in [4.78, 5) is 31.3. The SMILES string of the molecule is CC(C)N(CC(=O)N1CCc2sccc2C1c1ccc(F)cc1)C(=O)c1cccc(Cl)c1. The van der Waals surface area contributed by atoms with Gasteiger partial charge in [0.25, 0.3) is 5.91 Å². The second kappa shape index (κ2) is 9.43. The van der Waals surface area contributed by atoms with Crippen molar-refractivity contribution in [2.45, 2.75) is 32.4 Å². The van der Waals surface area contributed by atoms with Crippen LogP contribution in [0.25, 0.3) is 0 Å². The first-order chi connectivity index (χ1) is 15.3. The van der Waals surface area contributed by atoms with Crippen LogP contribution in [0.2, 0.25) is 5.02 Å². The number of halogens is 2. The van der Waals surface area contributed by atoms with E-state index in [1.165, 1.54) is 17.0 Å². The van der Waals surface area contributed by atoms with Gasteiger partial charge in [-0.05, 0) is 73.2 Å². The van der Waals surface area contributed by atoms with Crippen LogP contribution in [-0.4, -0.2) is 40.7 Å². The molecule has 0 saturated heterocycles. The fourth-order valence-electron chi connectivity index (χ4n) is 4.10. The van der Waals surface area contributed by atoms with Gasteiger partial charge in [-0.1, -0.05) is 29.8 Å². The molecule has 2 amide bonds. The van der Waals surface area contributed by atoms with Crippen molar-refractivity contribution in [2.24, 2.45) is 0 Å². The summed E-state index contributed by atoms with van der Waals surface area (Å²) in [5.74, 6) is -0.686. The van der Waals surface area contributed by atoms with Gasteiger partial charge in [0, 0.05) is 28.0 Å². The quantitative estimate of drug-likeness (QED) is 0.489. The Morgan fingerprint density at radius 3 is 2.62 bits per heavy atom. The van der Waals surface area contributed by atoms with Crippen molar-refractivity contribution in [3.05, 3.63) is 92.4 Å². The number of thiophene rings is 1. The Balaban J connectivity index is 1.62. The molecule has 1 atom stereocenters. The zero-order valence-electron chi connectivity index (χ0n) is 17.9. The van der Waals surface area contributed by atoms with Crippen LogP contribution in [-0.2, 0) is 11.2 Å². The number of amides is 2. The Kier molecular flexibility index (Phi) is 6.63. The van der Waals surface area contributed by atoms with Crippen LogP contribution in [0.5, 0.6) is 0 Å². The van der Waals surface area contributed by atoms with E-state index in [-0.39, 0.29) is 36.3 Å². The van der Waals surface area contributed by atoms with E-state index < -0.39 is 0 Å². The summed E-state index contributed by atoms with van der Waals surface area (Å²) in [6.45, 7) is 4.28. The highest BCUT2D eigenvalue weighted by atomic mass is 35.5. The third kappa shape index (κ3) is 4.57. The van der Waals surface area contributed by atoms with Crippen LogP contribution < -0.4 is 0 Å². The molecule has 0 bridgehead atoms. The fourth-order valence-corrected chi connectivity index (χ4v) is 5.20. The number of hydrogen-bond donors (Lipinski definition) is 0. The summed E-state index contributed by atoms with van der Waals surface area (Å²) in [6, 6.07) is 14.6. The summed E-state index contributed by atoms with van der Waals surface area (Å²) in [5, 5.41) is 2.50. The normalized spacial score (nSPS) is 15.5. The lowest BCUT2D eigenvalue weighted by Gasteiger charge is -2.38. The van der Waals surface area contributed by atoms with Crippen molar-refractivity contribution in [1.82, 2.24) is 9.80 Å². The first kappa shape index (κ1) is 22.5. The predicted molar refractivity (Wildman–Crippen MR) is 126 cm³/mol. The molecule has 32 heavy (non-hydrogen) atoms. The largest absolute Gasteiger partial charge is 0.330 e. The maximum Gasteiger partial charge on any atom is 0.254 e. The molecule has 1 aliphatic heterocycles. The molecule has 0 radical (unpaired) electrons. The van der Waals surface area contributed by atoms with E-state index in [2.05, 4.69) is 0 Å². The van der Waals surface area contributed by atoms with Crippen molar-refractivity contribution in [3.8, 4) is 0 Å². The molecule has 0 N–H and O–H groups in total. The number of benzene rings is 2. The van der Waals surface area contributed by atoms with Gasteiger partial charge >= 0.3 is 0 Å². The van der Waals surface area contributed by atoms with E-state index in [4.69, 9.17) is 11.6 Å². The molecule has 4 rings (SSSR count). The summed E-state index contributed by atoms with van der Waals surface area (Å²) >= 11 is 7.74. The lowest BCUT2D eigenvalue weighted by atomic mass is 9.93. The smallest absolute Gasteiger partial charge is 0.254 e. The fraction of sp³-hybridized carbons (Fsp3) is 0.280. The molecule has 2 aromatic carbocycles. The second-order valence-electron chi connectivity index (χ2n) is 8.13. The topological polar surface area (TPSA) is 40.6 Å². The number of fused-ring (bicyclic) bond motifs is 1. The minimum atomic E-state index is -0.314. The highest BCUT2D eigenvalue weighted by molar-refractivity contribution is 7.10. The van der Waals surface area contributed by atoms with Gasteiger partial charge in [0.1, 0.15) is 12.4 Å². The number of carbonyl (C=O) groups is 2. The van der Waals surface area contributed by atoms with Crippen LogP contribution in [0.15, 0.2) is 60.0 Å². The van der Waals surface area contributed by atoms with E-state index in [1.807, 2.05) is 30.2 Å². The monoisotopic (exact) mass is 470 g/mol. The van der Waals surface area contributed by atoms with Crippen molar-refractivity contribution >= 4 is 34.8 Å². The van der Waals surface area contributed by atoms with Gasteiger partial charge in [0.2, 0.25) is 5.91 Å². The van der Waals surface area contributed by atoms with E-state index in [1.54, 1.807) is 52.6 Å². The minimum absolute atomic E-state index is 0.0415. The van der Waals surface area contributed by atoms with E-state index in [0.717, 1.165) is 17.5 Å². The maximum absolute atomic E-state index is 13.6. The van der Waals surface area contributed by atoms with Crippen molar-refractivity contribution in [1.29, 1.82) is 0 Å². The third-order valence-corrected chi connectivity index (χ3v) is 6.96. The van der Waals surface area contributed by atoms with Gasteiger partial charge in [0.15, 0.2) is 0 Å². The lowest BCUT2D eigenvalue weighted by Crippen LogP contribution is -2.48. The van der Waals surface area contributed by atoms with Crippen LogP contribution in [0.1, 0.15) is 46.3 Å². The molecule has 1 aliphatic rings. The average Bonchev–Trinajstić information content (AvgIpc) is 3.25. The Morgan fingerprint density at radius 2 is 1.94 bits per heavy atom. The Bertz CT molecular complexity index is 1130. The van der Waals surface area contributed by atoms with Gasteiger partial charge in [-0.3, -0.25) is 9.59 Å². The number of rotatable bonds is 5. The predicted octanol–water partition coefficient (Wildman–Crippen LogP) is 5.57.